The van der Waals surface area contributed by atoms with E-state index in [-0.39, 0.29) is 0 Å². The number of hydrogen-bond acceptors (Lipinski definition) is 4. The van der Waals surface area contributed by atoms with Crippen molar-refractivity contribution in [1.82, 2.24) is 9.97 Å². The van der Waals surface area contributed by atoms with Crippen molar-refractivity contribution in [1.29, 1.82) is 0 Å². The summed E-state index contributed by atoms with van der Waals surface area (Å²) in [5, 5.41) is 9.37. The quantitative estimate of drug-likeness (QED) is 0.842. The van der Waals surface area contributed by atoms with Crippen LogP contribution in [0.3, 0.4) is 0 Å². The second-order valence-corrected chi connectivity index (χ2v) is 4.75. The van der Waals surface area contributed by atoms with Crippen molar-refractivity contribution in [3.63, 3.8) is 0 Å². The molecule has 0 spiro atoms. The average molecular weight is 235 g/mol. The van der Waals surface area contributed by atoms with Crippen molar-refractivity contribution in [3.05, 3.63) is 17.6 Å². The fraction of sp³-hybridized carbons (Fsp3) is 0.583. The first-order chi connectivity index (χ1) is 7.95. The van der Waals surface area contributed by atoms with Gasteiger partial charge in [0, 0.05) is 12.7 Å². The second kappa shape index (κ2) is 3.98. The van der Waals surface area contributed by atoms with Crippen LogP contribution in [0.1, 0.15) is 31.2 Å². The minimum atomic E-state index is -0.854. The van der Waals surface area contributed by atoms with Crippen LogP contribution < -0.4 is 4.90 Å². The lowest BCUT2D eigenvalue weighted by molar-refractivity contribution is -0.142. The van der Waals surface area contributed by atoms with Crippen LogP contribution >= 0.6 is 0 Å². The Balaban J connectivity index is 2.46. The number of hydrogen-bond donors (Lipinski definition) is 1. The molecule has 5 nitrogen and oxygen atoms in total. The highest BCUT2D eigenvalue weighted by atomic mass is 16.4. The zero-order valence-electron chi connectivity index (χ0n) is 10.4. The van der Waals surface area contributed by atoms with Gasteiger partial charge in [0.2, 0.25) is 0 Å². The first-order valence-electron chi connectivity index (χ1n) is 5.76. The van der Waals surface area contributed by atoms with Gasteiger partial charge in [-0.05, 0) is 33.6 Å². The molecule has 0 aromatic carbocycles. The molecule has 0 amide bonds. The molecule has 1 aliphatic rings. The van der Waals surface area contributed by atoms with Crippen LogP contribution in [-0.4, -0.2) is 33.1 Å². The molecule has 1 unspecified atom stereocenters. The fourth-order valence-corrected chi connectivity index (χ4v) is 2.31. The molecule has 1 N–H and O–H groups in total. The lowest BCUT2D eigenvalue weighted by Gasteiger charge is -2.32. The van der Waals surface area contributed by atoms with Gasteiger partial charge >= 0.3 is 5.97 Å². The Morgan fingerprint density at radius 2 is 2.24 bits per heavy atom. The first kappa shape index (κ1) is 11.8. The van der Waals surface area contributed by atoms with E-state index in [1.54, 1.807) is 13.1 Å². The molecule has 0 saturated carbocycles. The summed E-state index contributed by atoms with van der Waals surface area (Å²) in [6.45, 7) is 6.21. The summed E-state index contributed by atoms with van der Waals surface area (Å²) >= 11 is 0. The molecule has 1 atom stereocenters. The molecule has 17 heavy (non-hydrogen) atoms. The van der Waals surface area contributed by atoms with Crippen molar-refractivity contribution in [2.75, 3.05) is 11.4 Å². The zero-order chi connectivity index (χ0) is 12.6. The number of carboxylic acids is 1. The first-order valence-corrected chi connectivity index (χ1v) is 5.76. The topological polar surface area (TPSA) is 66.3 Å². The Hall–Kier alpha value is -1.65. The summed E-state index contributed by atoms with van der Waals surface area (Å²) in [5.74, 6) is -0.0925. The van der Waals surface area contributed by atoms with Gasteiger partial charge in [-0.1, -0.05) is 0 Å². The van der Waals surface area contributed by atoms with Gasteiger partial charge in [0.25, 0.3) is 0 Å². The molecule has 0 bridgehead atoms. The fourth-order valence-electron chi connectivity index (χ4n) is 2.31. The number of aryl methyl sites for hydroxylation is 2. The van der Waals surface area contributed by atoms with E-state index < -0.39 is 11.5 Å². The van der Waals surface area contributed by atoms with Crippen LogP contribution in [0, 0.1) is 13.8 Å². The van der Waals surface area contributed by atoms with E-state index in [4.69, 9.17) is 0 Å². The smallest absolute Gasteiger partial charge is 0.329 e. The van der Waals surface area contributed by atoms with E-state index in [0.717, 1.165) is 24.4 Å². The minimum Gasteiger partial charge on any atom is -0.480 e. The van der Waals surface area contributed by atoms with Gasteiger partial charge in [0.15, 0.2) is 5.82 Å². The largest absolute Gasteiger partial charge is 0.480 e. The lowest BCUT2D eigenvalue weighted by atomic mass is 9.99. The van der Waals surface area contributed by atoms with Crippen LogP contribution in [0.2, 0.25) is 0 Å². The van der Waals surface area contributed by atoms with Crippen molar-refractivity contribution in [2.24, 2.45) is 0 Å². The molecule has 1 aliphatic heterocycles. The summed E-state index contributed by atoms with van der Waals surface area (Å²) in [5.41, 5.74) is 0.739. The second-order valence-electron chi connectivity index (χ2n) is 4.75. The monoisotopic (exact) mass is 235 g/mol. The predicted molar refractivity (Wildman–Crippen MR) is 64.1 cm³/mol. The normalized spacial score (nSPS) is 24.1. The predicted octanol–water partition coefficient (Wildman–Crippen LogP) is 1.54. The summed E-state index contributed by atoms with van der Waals surface area (Å²) in [6.07, 6.45) is 3.22. The Morgan fingerprint density at radius 1 is 1.53 bits per heavy atom. The van der Waals surface area contributed by atoms with E-state index in [0.29, 0.717) is 12.2 Å². The van der Waals surface area contributed by atoms with Crippen molar-refractivity contribution in [2.45, 2.75) is 39.2 Å². The van der Waals surface area contributed by atoms with Crippen LogP contribution in [0.15, 0.2) is 6.20 Å². The number of aromatic nitrogens is 2. The Bertz CT molecular complexity index is 461. The van der Waals surface area contributed by atoms with Gasteiger partial charge < -0.3 is 10.0 Å². The maximum atomic E-state index is 11.4. The summed E-state index contributed by atoms with van der Waals surface area (Å²) in [6, 6.07) is 0. The standard InChI is InChI=1S/C12H17N3O2/c1-8-7-13-9(2)10(14-8)15-6-4-5-12(15,3)11(16)17/h7H,4-6H2,1-3H3,(H,16,17). The number of aliphatic carboxylic acids is 1. The Kier molecular flexibility index (Phi) is 2.77. The molecular formula is C12H17N3O2. The highest BCUT2D eigenvalue weighted by Crippen LogP contribution is 2.34. The van der Waals surface area contributed by atoms with Gasteiger partial charge in [-0.15, -0.1) is 0 Å². The van der Waals surface area contributed by atoms with E-state index in [9.17, 15) is 9.90 Å². The third-order valence-electron chi connectivity index (χ3n) is 3.41. The van der Waals surface area contributed by atoms with Crippen LogP contribution in [0.5, 0.6) is 0 Å². The molecule has 1 aromatic heterocycles. The van der Waals surface area contributed by atoms with Crippen LogP contribution in [0.25, 0.3) is 0 Å². The summed E-state index contributed by atoms with van der Waals surface area (Å²) in [4.78, 5) is 22.0. The maximum Gasteiger partial charge on any atom is 0.329 e. The van der Waals surface area contributed by atoms with Crippen LogP contribution in [-0.2, 0) is 4.79 Å². The zero-order valence-corrected chi connectivity index (χ0v) is 10.4. The third-order valence-corrected chi connectivity index (χ3v) is 3.41. The SMILES string of the molecule is Cc1cnc(C)c(N2CCCC2(C)C(=O)O)n1. The molecule has 1 aromatic rings. The molecule has 92 valence electrons. The van der Waals surface area contributed by atoms with Crippen LogP contribution in [0.4, 0.5) is 5.82 Å². The number of rotatable bonds is 2. The van der Waals surface area contributed by atoms with E-state index in [2.05, 4.69) is 9.97 Å². The van der Waals surface area contributed by atoms with Crippen molar-refractivity contribution >= 4 is 11.8 Å². The van der Waals surface area contributed by atoms with E-state index in [1.807, 2.05) is 18.7 Å². The van der Waals surface area contributed by atoms with Gasteiger partial charge in [0.1, 0.15) is 5.54 Å². The Morgan fingerprint density at radius 3 is 2.88 bits per heavy atom. The van der Waals surface area contributed by atoms with Gasteiger partial charge in [-0.2, -0.15) is 0 Å². The molecule has 2 rings (SSSR count). The number of anilines is 1. The maximum absolute atomic E-state index is 11.4. The minimum absolute atomic E-state index is 0.650. The molecule has 1 saturated heterocycles. The van der Waals surface area contributed by atoms with Gasteiger partial charge in [0.05, 0.1) is 11.4 Å². The molecular weight excluding hydrogens is 218 g/mol. The third kappa shape index (κ3) is 1.85. The van der Waals surface area contributed by atoms with E-state index >= 15 is 0 Å². The van der Waals surface area contributed by atoms with Crippen molar-refractivity contribution in [3.8, 4) is 0 Å². The number of nitrogens with zero attached hydrogens (tertiary/aromatic N) is 3. The molecule has 2 heterocycles. The summed E-state index contributed by atoms with van der Waals surface area (Å²) in [7, 11) is 0. The van der Waals surface area contributed by atoms with Crippen molar-refractivity contribution < 1.29 is 9.90 Å². The van der Waals surface area contributed by atoms with Gasteiger partial charge in [-0.25, -0.2) is 9.78 Å². The highest BCUT2D eigenvalue weighted by molar-refractivity contribution is 5.83. The van der Waals surface area contributed by atoms with Gasteiger partial charge in [-0.3, -0.25) is 4.98 Å². The molecule has 0 radical (unpaired) electrons. The molecule has 1 fully saturated rings. The van der Waals surface area contributed by atoms with E-state index in [1.165, 1.54) is 0 Å². The average Bonchev–Trinajstić information content (AvgIpc) is 2.65. The molecule has 0 aliphatic carbocycles. The Labute approximate surface area is 100 Å². The highest BCUT2D eigenvalue weighted by Gasteiger charge is 2.44. The summed E-state index contributed by atoms with van der Waals surface area (Å²) < 4.78 is 0. The number of carbonyl (C=O) groups is 1. The lowest BCUT2D eigenvalue weighted by Crippen LogP contribution is -2.48. The number of carboxylic acid groups (broad SMARTS) is 1. The molecule has 5 heteroatoms.